The molecule has 0 saturated carbocycles. The summed E-state index contributed by atoms with van der Waals surface area (Å²) in [6.07, 6.45) is 1.48. The molecule has 2 heterocycles. The van der Waals surface area contributed by atoms with Crippen molar-refractivity contribution >= 4 is 34.1 Å². The Morgan fingerprint density at radius 1 is 1.07 bits per heavy atom. The summed E-state index contributed by atoms with van der Waals surface area (Å²) in [5.74, 6) is -2.34. The Kier molecular flexibility index (Phi) is 5.29. The second-order valence-electron chi connectivity index (χ2n) is 6.51. The molecule has 0 saturated heterocycles. The molecule has 5 nitrogen and oxygen atoms in total. The van der Waals surface area contributed by atoms with E-state index in [0.717, 1.165) is 12.1 Å². The lowest BCUT2D eigenvalue weighted by Gasteiger charge is -2.15. The maximum absolute atomic E-state index is 13.9. The van der Waals surface area contributed by atoms with E-state index in [2.05, 4.69) is 10.3 Å². The van der Waals surface area contributed by atoms with Crippen molar-refractivity contribution in [3.63, 3.8) is 0 Å². The normalized spacial score (nSPS) is 10.9. The number of rotatable bonds is 4. The Morgan fingerprint density at radius 3 is 2.63 bits per heavy atom. The quantitative estimate of drug-likeness (QED) is 0.518. The Balaban J connectivity index is 1.80. The van der Waals surface area contributed by atoms with Crippen molar-refractivity contribution in [3.05, 3.63) is 93.9 Å². The van der Waals surface area contributed by atoms with Gasteiger partial charge in [0.1, 0.15) is 23.7 Å². The highest BCUT2D eigenvalue weighted by Crippen LogP contribution is 2.28. The molecule has 0 radical (unpaired) electrons. The number of aromatic nitrogens is 2. The number of carbonyl (C=O) groups is 1. The minimum atomic E-state index is -0.915. The first-order chi connectivity index (χ1) is 14.4. The molecule has 0 bridgehead atoms. The fraction of sp³-hybridized carbons (Fsp3) is 0.0455. The summed E-state index contributed by atoms with van der Waals surface area (Å²) in [6, 6.07) is 14.9. The van der Waals surface area contributed by atoms with Crippen LogP contribution in [0.1, 0.15) is 0 Å². The minimum absolute atomic E-state index is 0.187. The van der Waals surface area contributed by atoms with Crippen molar-refractivity contribution < 1.29 is 13.6 Å². The van der Waals surface area contributed by atoms with E-state index in [1.54, 1.807) is 42.5 Å². The molecular weight excluding hydrogens is 412 g/mol. The van der Waals surface area contributed by atoms with Crippen LogP contribution in [-0.2, 0) is 11.3 Å². The van der Waals surface area contributed by atoms with Crippen LogP contribution in [0, 0.1) is 11.6 Å². The standard InChI is InChI=1S/C22H14ClF2N3O2/c23-16-6-2-1-5-15(16)19-10-13-4-3-9-26-21(13)22(30)28(19)12-20(29)27-18-8-7-14(24)11-17(18)25/h1-11H,12H2,(H,27,29). The smallest absolute Gasteiger partial charge is 0.277 e. The second kappa shape index (κ2) is 8.04. The first-order valence-electron chi connectivity index (χ1n) is 8.92. The molecule has 0 aliphatic rings. The summed E-state index contributed by atoms with van der Waals surface area (Å²) in [5.41, 5.74) is 0.489. The van der Waals surface area contributed by atoms with Crippen molar-refractivity contribution in [2.24, 2.45) is 0 Å². The highest BCUT2D eigenvalue weighted by molar-refractivity contribution is 6.33. The lowest BCUT2D eigenvalue weighted by atomic mass is 10.1. The van der Waals surface area contributed by atoms with Crippen molar-refractivity contribution in [3.8, 4) is 11.3 Å². The molecule has 2 aromatic heterocycles. The van der Waals surface area contributed by atoms with E-state index in [4.69, 9.17) is 11.6 Å². The Hall–Kier alpha value is -3.58. The largest absolute Gasteiger partial charge is 0.322 e. The molecule has 0 spiro atoms. The molecule has 150 valence electrons. The third-order valence-electron chi connectivity index (χ3n) is 4.53. The van der Waals surface area contributed by atoms with Crippen LogP contribution >= 0.6 is 11.6 Å². The van der Waals surface area contributed by atoms with Gasteiger partial charge in [0.25, 0.3) is 5.56 Å². The Bertz CT molecular complexity index is 1340. The van der Waals surface area contributed by atoms with Gasteiger partial charge in [-0.1, -0.05) is 35.9 Å². The molecule has 4 rings (SSSR count). The molecule has 1 amide bonds. The average Bonchev–Trinajstić information content (AvgIpc) is 2.73. The van der Waals surface area contributed by atoms with E-state index in [1.165, 1.54) is 10.8 Å². The van der Waals surface area contributed by atoms with Gasteiger partial charge in [-0.3, -0.25) is 19.1 Å². The molecule has 8 heteroatoms. The second-order valence-corrected chi connectivity index (χ2v) is 6.92. The van der Waals surface area contributed by atoms with Crippen LogP contribution in [0.3, 0.4) is 0 Å². The predicted molar refractivity (Wildman–Crippen MR) is 111 cm³/mol. The van der Waals surface area contributed by atoms with Gasteiger partial charge < -0.3 is 5.32 Å². The number of halogens is 3. The summed E-state index contributed by atoms with van der Waals surface area (Å²) in [7, 11) is 0. The highest BCUT2D eigenvalue weighted by atomic mass is 35.5. The highest BCUT2D eigenvalue weighted by Gasteiger charge is 2.17. The van der Waals surface area contributed by atoms with E-state index >= 15 is 0 Å². The first-order valence-corrected chi connectivity index (χ1v) is 9.30. The van der Waals surface area contributed by atoms with Gasteiger partial charge >= 0.3 is 0 Å². The molecular formula is C22H14ClF2N3O2. The van der Waals surface area contributed by atoms with Gasteiger partial charge in [0.05, 0.1) is 11.4 Å². The fourth-order valence-corrected chi connectivity index (χ4v) is 3.38. The molecule has 2 aromatic carbocycles. The van der Waals surface area contributed by atoms with Crippen LogP contribution in [0.4, 0.5) is 14.5 Å². The van der Waals surface area contributed by atoms with Gasteiger partial charge in [0, 0.05) is 28.2 Å². The van der Waals surface area contributed by atoms with E-state index in [0.29, 0.717) is 27.7 Å². The number of anilines is 1. The number of hydrogen-bond donors (Lipinski definition) is 1. The number of carbonyl (C=O) groups excluding carboxylic acids is 1. The SMILES string of the molecule is O=C(Cn1c(-c2ccccc2Cl)cc2cccnc2c1=O)Nc1ccc(F)cc1F. The fourth-order valence-electron chi connectivity index (χ4n) is 3.15. The van der Waals surface area contributed by atoms with Gasteiger partial charge in [-0.15, -0.1) is 0 Å². The third-order valence-corrected chi connectivity index (χ3v) is 4.86. The number of hydrogen-bond acceptors (Lipinski definition) is 3. The number of fused-ring (bicyclic) bond motifs is 1. The number of amides is 1. The lowest BCUT2D eigenvalue weighted by molar-refractivity contribution is -0.116. The predicted octanol–water partition coefficient (Wildman–Crippen LogP) is 4.63. The average molecular weight is 426 g/mol. The van der Waals surface area contributed by atoms with E-state index < -0.39 is 29.6 Å². The van der Waals surface area contributed by atoms with Crippen LogP contribution in [0.2, 0.25) is 5.02 Å². The van der Waals surface area contributed by atoms with Crippen LogP contribution in [0.5, 0.6) is 0 Å². The maximum Gasteiger partial charge on any atom is 0.277 e. The summed E-state index contributed by atoms with van der Waals surface area (Å²) < 4.78 is 28.2. The zero-order valence-electron chi connectivity index (χ0n) is 15.4. The third kappa shape index (κ3) is 3.79. The topological polar surface area (TPSA) is 64.0 Å². The van der Waals surface area contributed by atoms with Crippen molar-refractivity contribution in [1.29, 1.82) is 0 Å². The van der Waals surface area contributed by atoms with Crippen LogP contribution < -0.4 is 10.9 Å². The molecule has 0 atom stereocenters. The Labute approximate surface area is 174 Å². The molecule has 1 N–H and O–H groups in total. The molecule has 0 aliphatic carbocycles. The lowest BCUT2D eigenvalue weighted by Crippen LogP contribution is -2.29. The molecule has 4 aromatic rings. The van der Waals surface area contributed by atoms with Gasteiger partial charge in [-0.25, -0.2) is 8.78 Å². The van der Waals surface area contributed by atoms with Gasteiger partial charge in [0.2, 0.25) is 5.91 Å². The molecule has 30 heavy (non-hydrogen) atoms. The summed E-state index contributed by atoms with van der Waals surface area (Å²) in [4.78, 5) is 29.8. The van der Waals surface area contributed by atoms with Crippen molar-refractivity contribution in [2.75, 3.05) is 5.32 Å². The number of nitrogens with zero attached hydrogens (tertiary/aromatic N) is 2. The molecule has 0 fully saturated rings. The minimum Gasteiger partial charge on any atom is -0.322 e. The van der Waals surface area contributed by atoms with Crippen LogP contribution in [0.15, 0.2) is 71.7 Å². The van der Waals surface area contributed by atoms with Crippen molar-refractivity contribution in [1.82, 2.24) is 9.55 Å². The number of nitrogens with one attached hydrogen (secondary N) is 1. The van der Waals surface area contributed by atoms with Crippen molar-refractivity contribution in [2.45, 2.75) is 6.54 Å². The zero-order chi connectivity index (χ0) is 21.3. The summed E-state index contributed by atoms with van der Waals surface area (Å²) >= 11 is 6.32. The van der Waals surface area contributed by atoms with Gasteiger partial charge in [-0.05, 0) is 30.3 Å². The summed E-state index contributed by atoms with van der Waals surface area (Å²) in [6.45, 7) is -0.414. The van der Waals surface area contributed by atoms with Gasteiger partial charge in [-0.2, -0.15) is 0 Å². The molecule has 0 unspecified atom stereocenters. The zero-order valence-corrected chi connectivity index (χ0v) is 16.2. The van der Waals surface area contributed by atoms with E-state index in [-0.39, 0.29) is 11.2 Å². The van der Waals surface area contributed by atoms with Gasteiger partial charge in [0.15, 0.2) is 0 Å². The monoisotopic (exact) mass is 425 g/mol. The Morgan fingerprint density at radius 2 is 1.87 bits per heavy atom. The van der Waals surface area contributed by atoms with E-state index in [9.17, 15) is 18.4 Å². The number of pyridine rings is 2. The molecule has 0 aliphatic heterocycles. The van der Waals surface area contributed by atoms with E-state index in [1.807, 2.05) is 0 Å². The maximum atomic E-state index is 13.9. The van der Waals surface area contributed by atoms with Crippen LogP contribution in [0.25, 0.3) is 22.2 Å². The first kappa shape index (κ1) is 19.7. The summed E-state index contributed by atoms with van der Waals surface area (Å²) in [5, 5.41) is 3.36. The van der Waals surface area contributed by atoms with Crippen LogP contribution in [-0.4, -0.2) is 15.5 Å². The number of benzene rings is 2.